The number of hydrogen-bond acceptors (Lipinski definition) is 9. The first-order valence-electron chi connectivity index (χ1n) is 11.2. The number of non-ortho nitro benzene ring substituents is 2. The highest BCUT2D eigenvalue weighted by Gasteiger charge is 2.46. The van der Waals surface area contributed by atoms with Gasteiger partial charge in [-0.05, 0) is 41.8 Å². The molecule has 0 aliphatic carbocycles. The number of aliphatic hydroxyl groups excluding tert-OH is 1. The molecule has 1 N–H and O–H groups in total. The SMILES string of the molecule is O=C(OCc1ccc([N+](=O)[O-])cc1)N1CC([C@@H]2C[C@@H](O)CN2C(=O)OCc2ccc([N+](=O)[O-])cc2)C1. The van der Waals surface area contributed by atoms with Crippen LogP contribution in [0.4, 0.5) is 21.0 Å². The van der Waals surface area contributed by atoms with Crippen molar-refractivity contribution in [3.05, 3.63) is 79.9 Å². The van der Waals surface area contributed by atoms with E-state index in [-0.39, 0.29) is 43.1 Å². The van der Waals surface area contributed by atoms with Crippen LogP contribution < -0.4 is 0 Å². The molecule has 190 valence electrons. The van der Waals surface area contributed by atoms with Crippen LogP contribution in [-0.2, 0) is 22.7 Å². The zero-order chi connectivity index (χ0) is 25.8. The van der Waals surface area contributed by atoms with Gasteiger partial charge in [0.15, 0.2) is 0 Å². The molecule has 2 atom stereocenters. The fourth-order valence-electron chi connectivity index (χ4n) is 4.30. The standard InChI is InChI=1S/C23H24N4O9/c28-20-9-21(25(12-20)23(30)36-14-16-3-7-19(8-4-16)27(33)34)17-10-24(11-17)22(29)35-13-15-1-5-18(6-2-15)26(31)32/h1-8,17,20-21,28H,9-14H2/t20-,21+/m1/s1. The summed E-state index contributed by atoms with van der Waals surface area (Å²) in [5.41, 5.74) is 1.10. The number of benzene rings is 2. The molecular weight excluding hydrogens is 476 g/mol. The molecule has 0 bridgehead atoms. The summed E-state index contributed by atoms with van der Waals surface area (Å²) in [5.74, 6) is -0.0546. The van der Waals surface area contributed by atoms with Crippen LogP contribution in [0.2, 0.25) is 0 Å². The molecule has 2 amide bonds. The first-order valence-corrected chi connectivity index (χ1v) is 11.2. The van der Waals surface area contributed by atoms with Gasteiger partial charge in [-0.2, -0.15) is 0 Å². The van der Waals surface area contributed by atoms with E-state index in [1.165, 1.54) is 58.3 Å². The molecule has 0 radical (unpaired) electrons. The lowest BCUT2D eigenvalue weighted by Gasteiger charge is -2.43. The predicted octanol–water partition coefficient (Wildman–Crippen LogP) is 2.84. The van der Waals surface area contributed by atoms with Gasteiger partial charge in [-0.25, -0.2) is 9.59 Å². The quantitative estimate of drug-likeness (QED) is 0.444. The summed E-state index contributed by atoms with van der Waals surface area (Å²) >= 11 is 0. The maximum Gasteiger partial charge on any atom is 0.410 e. The average Bonchev–Trinajstić information content (AvgIpc) is 3.21. The number of amides is 2. The predicted molar refractivity (Wildman–Crippen MR) is 123 cm³/mol. The minimum absolute atomic E-state index is 0.0266. The zero-order valence-electron chi connectivity index (χ0n) is 19.1. The number of carbonyl (C=O) groups is 2. The van der Waals surface area contributed by atoms with Gasteiger partial charge >= 0.3 is 12.2 Å². The third-order valence-electron chi connectivity index (χ3n) is 6.29. The molecule has 2 aliphatic rings. The second-order valence-corrected chi connectivity index (χ2v) is 8.73. The van der Waals surface area contributed by atoms with Gasteiger partial charge in [0.25, 0.3) is 11.4 Å². The Labute approximate surface area is 205 Å². The van der Waals surface area contributed by atoms with Crippen molar-refractivity contribution >= 4 is 23.6 Å². The van der Waals surface area contributed by atoms with Crippen LogP contribution >= 0.6 is 0 Å². The Morgan fingerprint density at radius 3 is 1.78 bits per heavy atom. The molecule has 2 heterocycles. The van der Waals surface area contributed by atoms with Crippen molar-refractivity contribution in [2.24, 2.45) is 5.92 Å². The molecule has 2 aromatic carbocycles. The molecule has 2 aliphatic heterocycles. The van der Waals surface area contributed by atoms with Crippen LogP contribution in [-0.4, -0.2) is 68.7 Å². The summed E-state index contributed by atoms with van der Waals surface area (Å²) in [4.78, 5) is 48.4. The summed E-state index contributed by atoms with van der Waals surface area (Å²) in [6.07, 6.45) is -1.47. The number of rotatable bonds is 7. The topological polar surface area (TPSA) is 166 Å². The highest BCUT2D eigenvalue weighted by Crippen LogP contribution is 2.32. The second kappa shape index (κ2) is 10.6. The third-order valence-corrected chi connectivity index (χ3v) is 6.29. The van der Waals surface area contributed by atoms with E-state index in [9.17, 15) is 34.9 Å². The van der Waals surface area contributed by atoms with Gasteiger partial charge in [0, 0.05) is 49.3 Å². The van der Waals surface area contributed by atoms with Gasteiger partial charge in [0.2, 0.25) is 0 Å². The van der Waals surface area contributed by atoms with Crippen molar-refractivity contribution in [2.45, 2.75) is 31.8 Å². The molecule has 13 heteroatoms. The summed E-state index contributed by atoms with van der Waals surface area (Å²) < 4.78 is 10.6. The minimum atomic E-state index is -0.704. The molecule has 0 spiro atoms. The number of hydrogen-bond donors (Lipinski definition) is 1. The maximum absolute atomic E-state index is 12.7. The Morgan fingerprint density at radius 1 is 0.833 bits per heavy atom. The Kier molecular flexibility index (Phi) is 7.29. The van der Waals surface area contributed by atoms with E-state index in [4.69, 9.17) is 9.47 Å². The molecule has 0 saturated carbocycles. The van der Waals surface area contributed by atoms with Crippen LogP contribution in [0, 0.1) is 26.1 Å². The summed E-state index contributed by atoms with van der Waals surface area (Å²) in [6.45, 7) is 0.721. The Balaban J connectivity index is 1.24. The van der Waals surface area contributed by atoms with Crippen molar-refractivity contribution < 1.29 is 34.0 Å². The van der Waals surface area contributed by atoms with Crippen LogP contribution in [0.25, 0.3) is 0 Å². The van der Waals surface area contributed by atoms with Crippen molar-refractivity contribution in [3.8, 4) is 0 Å². The van der Waals surface area contributed by atoms with E-state index in [0.717, 1.165) is 0 Å². The lowest BCUT2D eigenvalue weighted by atomic mass is 9.90. The Hall–Kier alpha value is -4.26. The van der Waals surface area contributed by atoms with Crippen molar-refractivity contribution in [3.63, 3.8) is 0 Å². The number of nitrogens with zero attached hydrogens (tertiary/aromatic N) is 4. The van der Waals surface area contributed by atoms with Crippen LogP contribution in [0.15, 0.2) is 48.5 Å². The van der Waals surface area contributed by atoms with Crippen molar-refractivity contribution in [1.29, 1.82) is 0 Å². The van der Waals surface area contributed by atoms with E-state index in [0.29, 0.717) is 30.6 Å². The number of β-amino-alcohol motifs (C(OH)–C–C–N with tert-alkyl or cyclic N) is 1. The molecule has 13 nitrogen and oxygen atoms in total. The van der Waals surface area contributed by atoms with E-state index < -0.39 is 28.1 Å². The number of likely N-dealkylation sites (tertiary alicyclic amines) is 2. The molecule has 0 unspecified atom stereocenters. The Morgan fingerprint density at radius 2 is 1.31 bits per heavy atom. The minimum Gasteiger partial charge on any atom is -0.445 e. The lowest BCUT2D eigenvalue weighted by molar-refractivity contribution is -0.385. The van der Waals surface area contributed by atoms with E-state index in [1.807, 2.05) is 0 Å². The number of aliphatic hydroxyl groups is 1. The molecule has 2 aromatic rings. The lowest BCUT2D eigenvalue weighted by Crippen LogP contribution is -2.57. The van der Waals surface area contributed by atoms with Gasteiger partial charge < -0.3 is 24.4 Å². The largest absolute Gasteiger partial charge is 0.445 e. The first kappa shape index (κ1) is 24.9. The maximum atomic E-state index is 12.7. The molecular formula is C23H24N4O9. The van der Waals surface area contributed by atoms with Crippen LogP contribution in [0.5, 0.6) is 0 Å². The Bertz CT molecular complexity index is 1130. The average molecular weight is 500 g/mol. The highest BCUT2D eigenvalue weighted by atomic mass is 16.6. The van der Waals surface area contributed by atoms with E-state index >= 15 is 0 Å². The molecule has 36 heavy (non-hydrogen) atoms. The van der Waals surface area contributed by atoms with Crippen molar-refractivity contribution in [1.82, 2.24) is 9.80 Å². The monoisotopic (exact) mass is 500 g/mol. The summed E-state index contributed by atoms with van der Waals surface area (Å²) in [7, 11) is 0. The van der Waals surface area contributed by atoms with Gasteiger partial charge in [0.1, 0.15) is 13.2 Å². The normalized spacial score (nSPS) is 19.5. The first-order chi connectivity index (χ1) is 17.2. The second-order valence-electron chi connectivity index (χ2n) is 8.73. The number of carbonyl (C=O) groups excluding carboxylic acids is 2. The molecule has 2 saturated heterocycles. The summed E-state index contributed by atoms with van der Waals surface area (Å²) in [6, 6.07) is 11.1. The van der Waals surface area contributed by atoms with E-state index in [2.05, 4.69) is 0 Å². The smallest absolute Gasteiger partial charge is 0.410 e. The number of ether oxygens (including phenoxy) is 2. The van der Waals surface area contributed by atoms with Gasteiger partial charge in [0.05, 0.1) is 22.5 Å². The highest BCUT2D eigenvalue weighted by molar-refractivity contribution is 5.70. The zero-order valence-corrected chi connectivity index (χ0v) is 19.1. The fourth-order valence-corrected chi connectivity index (χ4v) is 4.30. The van der Waals surface area contributed by atoms with Gasteiger partial charge in [-0.15, -0.1) is 0 Å². The van der Waals surface area contributed by atoms with E-state index in [1.54, 1.807) is 0 Å². The fraction of sp³-hybridized carbons (Fsp3) is 0.391. The number of nitro benzene ring substituents is 2. The van der Waals surface area contributed by atoms with Gasteiger partial charge in [-0.1, -0.05) is 0 Å². The molecule has 4 rings (SSSR count). The molecule has 2 fully saturated rings. The third kappa shape index (κ3) is 5.68. The van der Waals surface area contributed by atoms with Crippen LogP contribution in [0.1, 0.15) is 17.5 Å². The van der Waals surface area contributed by atoms with Crippen molar-refractivity contribution in [2.75, 3.05) is 19.6 Å². The van der Waals surface area contributed by atoms with Gasteiger partial charge in [-0.3, -0.25) is 20.2 Å². The number of nitro groups is 2. The summed E-state index contributed by atoms with van der Waals surface area (Å²) in [5, 5.41) is 31.6. The molecule has 0 aromatic heterocycles. The van der Waals surface area contributed by atoms with Crippen LogP contribution in [0.3, 0.4) is 0 Å².